The lowest BCUT2D eigenvalue weighted by atomic mass is 9.87. The number of hydrogen-bond acceptors (Lipinski definition) is 3. The van der Waals surface area contributed by atoms with Crippen molar-refractivity contribution in [2.75, 3.05) is 26.2 Å². The molecule has 0 aromatic heterocycles. The number of nitrogens with one attached hydrogen (secondary N) is 1. The third-order valence-electron chi connectivity index (χ3n) is 3.69. The van der Waals surface area contributed by atoms with E-state index in [2.05, 4.69) is 19.2 Å². The predicted octanol–water partition coefficient (Wildman–Crippen LogP) is 0.918. The van der Waals surface area contributed by atoms with Gasteiger partial charge in [0.05, 0.1) is 0 Å². The van der Waals surface area contributed by atoms with Crippen molar-refractivity contribution in [3.63, 3.8) is 0 Å². The minimum absolute atomic E-state index is 0.212. The Kier molecular flexibility index (Phi) is 5.88. The van der Waals surface area contributed by atoms with Gasteiger partial charge in [-0.15, -0.1) is 0 Å². The largest absolute Gasteiger partial charge is 0.396 e. The van der Waals surface area contributed by atoms with Crippen LogP contribution in [-0.2, 0) is 0 Å². The van der Waals surface area contributed by atoms with Crippen LogP contribution in [0.15, 0.2) is 0 Å². The number of aliphatic hydroxyl groups excluding tert-OH is 1. The second-order valence-corrected chi connectivity index (χ2v) is 5.97. The highest BCUT2D eigenvalue weighted by molar-refractivity contribution is 5.72. The van der Waals surface area contributed by atoms with Gasteiger partial charge in [-0.2, -0.15) is 0 Å². The molecule has 106 valence electrons. The lowest BCUT2D eigenvalue weighted by Crippen LogP contribution is -2.48. The minimum atomic E-state index is -0.309. The molecule has 0 aromatic rings. The Morgan fingerprint density at radius 3 is 2.56 bits per heavy atom. The van der Waals surface area contributed by atoms with E-state index >= 15 is 0 Å². The molecule has 1 aliphatic rings. The average molecular weight is 257 g/mol. The van der Waals surface area contributed by atoms with Crippen LogP contribution in [0.5, 0.6) is 0 Å². The number of piperidine rings is 1. The lowest BCUT2D eigenvalue weighted by Gasteiger charge is -2.34. The van der Waals surface area contributed by atoms with Crippen LogP contribution in [0, 0.1) is 5.41 Å². The van der Waals surface area contributed by atoms with Gasteiger partial charge >= 0.3 is 6.03 Å². The van der Waals surface area contributed by atoms with Gasteiger partial charge in [0.15, 0.2) is 0 Å². The van der Waals surface area contributed by atoms with Gasteiger partial charge < -0.3 is 21.1 Å². The Morgan fingerprint density at radius 2 is 2.06 bits per heavy atom. The molecule has 1 rings (SSSR count). The number of primary amides is 1. The molecule has 5 heteroatoms. The number of carbonyl (C=O) groups is 1. The second kappa shape index (κ2) is 6.95. The number of hydrogen-bond donors (Lipinski definition) is 3. The molecule has 0 aromatic carbocycles. The molecule has 0 unspecified atom stereocenters. The van der Waals surface area contributed by atoms with E-state index in [0.29, 0.717) is 6.04 Å². The highest BCUT2D eigenvalue weighted by Gasteiger charge is 2.23. The standard InChI is InChI=1S/C13H27N3O2/c1-13(2,6-3-9-17)10-15-11-4-7-16(8-5-11)12(14)18/h11,15,17H,3-10H2,1-2H3,(H2,14,18). The molecule has 1 saturated heterocycles. The van der Waals surface area contributed by atoms with Gasteiger partial charge in [-0.05, 0) is 31.1 Å². The summed E-state index contributed by atoms with van der Waals surface area (Å²) < 4.78 is 0. The highest BCUT2D eigenvalue weighted by atomic mass is 16.2. The number of likely N-dealkylation sites (tertiary alicyclic amines) is 1. The van der Waals surface area contributed by atoms with Crippen LogP contribution < -0.4 is 11.1 Å². The summed E-state index contributed by atoms with van der Waals surface area (Å²) in [6.45, 7) is 7.16. The van der Waals surface area contributed by atoms with Crippen LogP contribution in [0.3, 0.4) is 0 Å². The number of carbonyl (C=O) groups excluding carboxylic acids is 1. The summed E-state index contributed by atoms with van der Waals surface area (Å²) in [4.78, 5) is 12.7. The Morgan fingerprint density at radius 1 is 1.44 bits per heavy atom. The number of nitrogens with zero attached hydrogens (tertiary/aromatic N) is 1. The molecule has 0 aliphatic carbocycles. The molecule has 1 fully saturated rings. The highest BCUT2D eigenvalue weighted by Crippen LogP contribution is 2.22. The number of aliphatic hydroxyl groups is 1. The van der Waals surface area contributed by atoms with E-state index in [1.165, 1.54) is 0 Å². The summed E-state index contributed by atoms with van der Waals surface area (Å²) >= 11 is 0. The van der Waals surface area contributed by atoms with E-state index in [-0.39, 0.29) is 18.1 Å². The van der Waals surface area contributed by atoms with Crippen LogP contribution in [0.4, 0.5) is 4.79 Å². The molecule has 4 N–H and O–H groups in total. The zero-order valence-corrected chi connectivity index (χ0v) is 11.6. The molecule has 5 nitrogen and oxygen atoms in total. The van der Waals surface area contributed by atoms with Gasteiger partial charge in [-0.1, -0.05) is 13.8 Å². The molecular formula is C13H27N3O2. The topological polar surface area (TPSA) is 78.6 Å². The Balaban J connectivity index is 2.23. The van der Waals surface area contributed by atoms with Gasteiger partial charge in [0, 0.05) is 32.3 Å². The fourth-order valence-corrected chi connectivity index (χ4v) is 2.37. The van der Waals surface area contributed by atoms with Crippen molar-refractivity contribution in [3.05, 3.63) is 0 Å². The molecule has 2 amide bonds. The van der Waals surface area contributed by atoms with Crippen molar-refractivity contribution < 1.29 is 9.90 Å². The lowest BCUT2D eigenvalue weighted by molar-refractivity contribution is 0.178. The molecule has 1 heterocycles. The smallest absolute Gasteiger partial charge is 0.314 e. The first kappa shape index (κ1) is 15.2. The first-order valence-electron chi connectivity index (χ1n) is 6.83. The van der Waals surface area contributed by atoms with Crippen LogP contribution >= 0.6 is 0 Å². The van der Waals surface area contributed by atoms with E-state index in [0.717, 1.165) is 45.3 Å². The molecule has 1 aliphatic heterocycles. The Bertz CT molecular complexity index is 261. The average Bonchev–Trinajstić information content (AvgIpc) is 2.35. The van der Waals surface area contributed by atoms with Crippen LogP contribution in [0.1, 0.15) is 39.5 Å². The number of nitrogens with two attached hydrogens (primary N) is 1. The van der Waals surface area contributed by atoms with E-state index in [9.17, 15) is 4.79 Å². The molecule has 18 heavy (non-hydrogen) atoms. The van der Waals surface area contributed by atoms with Crippen molar-refractivity contribution in [3.8, 4) is 0 Å². The van der Waals surface area contributed by atoms with Crippen molar-refractivity contribution in [1.82, 2.24) is 10.2 Å². The normalized spacial score (nSPS) is 18.1. The fraction of sp³-hybridized carbons (Fsp3) is 0.923. The molecule has 0 spiro atoms. The molecule has 0 saturated carbocycles. The monoisotopic (exact) mass is 257 g/mol. The van der Waals surface area contributed by atoms with Gasteiger partial charge in [0.25, 0.3) is 0 Å². The zero-order chi connectivity index (χ0) is 13.6. The zero-order valence-electron chi connectivity index (χ0n) is 11.6. The quantitative estimate of drug-likeness (QED) is 0.662. The Hall–Kier alpha value is -0.810. The summed E-state index contributed by atoms with van der Waals surface area (Å²) in [6.07, 6.45) is 3.82. The van der Waals surface area contributed by atoms with Crippen molar-refractivity contribution in [2.24, 2.45) is 11.1 Å². The maximum absolute atomic E-state index is 11.0. The van der Waals surface area contributed by atoms with Crippen LogP contribution in [0.2, 0.25) is 0 Å². The molecular weight excluding hydrogens is 230 g/mol. The SMILES string of the molecule is CC(C)(CCCO)CNC1CCN(C(N)=O)CC1. The number of rotatable bonds is 6. The molecule has 0 atom stereocenters. The van der Waals surface area contributed by atoms with E-state index in [1.807, 2.05) is 0 Å². The second-order valence-electron chi connectivity index (χ2n) is 5.97. The van der Waals surface area contributed by atoms with E-state index in [4.69, 9.17) is 10.8 Å². The number of amides is 2. The van der Waals surface area contributed by atoms with Crippen molar-refractivity contribution >= 4 is 6.03 Å². The van der Waals surface area contributed by atoms with Gasteiger partial charge in [-0.25, -0.2) is 4.79 Å². The maximum Gasteiger partial charge on any atom is 0.314 e. The van der Waals surface area contributed by atoms with Gasteiger partial charge in [0.2, 0.25) is 0 Å². The van der Waals surface area contributed by atoms with E-state index < -0.39 is 0 Å². The summed E-state index contributed by atoms with van der Waals surface area (Å²) in [6, 6.07) is 0.172. The predicted molar refractivity (Wildman–Crippen MR) is 72.3 cm³/mol. The third-order valence-corrected chi connectivity index (χ3v) is 3.69. The van der Waals surface area contributed by atoms with E-state index in [1.54, 1.807) is 4.90 Å². The van der Waals surface area contributed by atoms with Crippen molar-refractivity contribution in [2.45, 2.75) is 45.6 Å². The minimum Gasteiger partial charge on any atom is -0.396 e. The maximum atomic E-state index is 11.0. The molecule has 0 radical (unpaired) electrons. The first-order valence-corrected chi connectivity index (χ1v) is 6.83. The number of urea groups is 1. The van der Waals surface area contributed by atoms with Gasteiger partial charge in [-0.3, -0.25) is 0 Å². The summed E-state index contributed by atoms with van der Waals surface area (Å²) in [5, 5.41) is 12.4. The van der Waals surface area contributed by atoms with Crippen molar-refractivity contribution in [1.29, 1.82) is 0 Å². The Labute approximate surface area is 110 Å². The van der Waals surface area contributed by atoms with Gasteiger partial charge in [0.1, 0.15) is 0 Å². The fourth-order valence-electron chi connectivity index (χ4n) is 2.37. The first-order chi connectivity index (χ1) is 8.44. The third kappa shape index (κ3) is 5.23. The van der Waals surface area contributed by atoms with Crippen LogP contribution in [-0.4, -0.2) is 48.3 Å². The summed E-state index contributed by atoms with van der Waals surface area (Å²) in [7, 11) is 0. The van der Waals surface area contributed by atoms with Crippen LogP contribution in [0.25, 0.3) is 0 Å². The molecule has 0 bridgehead atoms. The summed E-state index contributed by atoms with van der Waals surface area (Å²) in [5.74, 6) is 0. The summed E-state index contributed by atoms with van der Waals surface area (Å²) in [5.41, 5.74) is 5.47.